The van der Waals surface area contributed by atoms with E-state index in [-0.39, 0.29) is 0 Å². The van der Waals surface area contributed by atoms with Gasteiger partial charge in [0.05, 0.1) is 0 Å². The zero-order chi connectivity index (χ0) is 11.7. The van der Waals surface area contributed by atoms with Crippen molar-refractivity contribution in [2.75, 3.05) is 6.54 Å². The summed E-state index contributed by atoms with van der Waals surface area (Å²) >= 11 is 0. The van der Waals surface area contributed by atoms with Crippen LogP contribution >= 0.6 is 0 Å². The maximum absolute atomic E-state index is 10.7. The van der Waals surface area contributed by atoms with Gasteiger partial charge in [-0.25, -0.2) is 4.79 Å². The van der Waals surface area contributed by atoms with Gasteiger partial charge in [0.25, 0.3) is 0 Å². The molecule has 0 heterocycles. The molecule has 88 valence electrons. The van der Waals surface area contributed by atoms with Gasteiger partial charge in [-0.3, -0.25) is 0 Å². The summed E-state index contributed by atoms with van der Waals surface area (Å²) in [5, 5.41) is 12.1. The predicted octanol–water partition coefficient (Wildman–Crippen LogP) is 2.58. The Kier molecular flexibility index (Phi) is 8.01. The molecular formula is C12H23NO2. The molecule has 0 rings (SSSR count). The molecule has 1 unspecified atom stereocenters. The van der Waals surface area contributed by atoms with E-state index in [1.165, 1.54) is 12.8 Å². The van der Waals surface area contributed by atoms with Crippen molar-refractivity contribution in [1.29, 1.82) is 0 Å². The third-order valence-corrected chi connectivity index (χ3v) is 2.46. The predicted molar refractivity (Wildman–Crippen MR) is 63.0 cm³/mol. The fraction of sp³-hybridized carbons (Fsp3) is 0.750. The summed E-state index contributed by atoms with van der Waals surface area (Å²) in [6, 6.07) is 0.466. The van der Waals surface area contributed by atoms with Gasteiger partial charge in [-0.1, -0.05) is 32.8 Å². The number of carboxylic acids is 1. The minimum absolute atomic E-state index is 0.466. The molecule has 0 aromatic carbocycles. The summed E-state index contributed by atoms with van der Waals surface area (Å²) in [5.74, 6) is -0.805. The molecule has 0 saturated carbocycles. The standard InChI is InChI=1S/C12H23NO2/c1-4-6-7-10(3)13-9-8-11(5-2)12(14)15/h8,10,13H,4-7,9H2,1-3H3,(H,14,15)/b11-8-. The van der Waals surface area contributed by atoms with Gasteiger partial charge in [0.15, 0.2) is 0 Å². The van der Waals surface area contributed by atoms with Gasteiger partial charge in [-0.15, -0.1) is 0 Å². The minimum Gasteiger partial charge on any atom is -0.478 e. The lowest BCUT2D eigenvalue weighted by Crippen LogP contribution is -2.26. The zero-order valence-corrected chi connectivity index (χ0v) is 10.0. The highest BCUT2D eigenvalue weighted by molar-refractivity contribution is 5.86. The van der Waals surface area contributed by atoms with Crippen LogP contribution in [0.15, 0.2) is 11.6 Å². The molecule has 0 fully saturated rings. The Balaban J connectivity index is 3.79. The van der Waals surface area contributed by atoms with Crippen molar-refractivity contribution in [1.82, 2.24) is 5.32 Å². The van der Waals surface area contributed by atoms with Gasteiger partial charge in [-0.2, -0.15) is 0 Å². The number of rotatable bonds is 8. The van der Waals surface area contributed by atoms with Crippen molar-refractivity contribution >= 4 is 5.97 Å². The Labute approximate surface area is 92.6 Å². The second-order valence-electron chi connectivity index (χ2n) is 3.84. The Morgan fingerprint density at radius 1 is 1.47 bits per heavy atom. The third-order valence-electron chi connectivity index (χ3n) is 2.46. The molecular weight excluding hydrogens is 190 g/mol. The number of hydrogen-bond acceptors (Lipinski definition) is 2. The van der Waals surface area contributed by atoms with Crippen molar-refractivity contribution in [3.8, 4) is 0 Å². The van der Waals surface area contributed by atoms with Crippen molar-refractivity contribution in [2.24, 2.45) is 0 Å². The molecule has 1 atom stereocenters. The molecule has 0 bridgehead atoms. The van der Waals surface area contributed by atoms with Crippen LogP contribution in [0, 0.1) is 0 Å². The van der Waals surface area contributed by atoms with Gasteiger partial charge in [-0.05, 0) is 19.8 Å². The quantitative estimate of drug-likeness (QED) is 0.609. The lowest BCUT2D eigenvalue weighted by Gasteiger charge is -2.11. The lowest BCUT2D eigenvalue weighted by atomic mass is 10.1. The SMILES string of the molecule is CCCCC(C)NC/C=C(/CC)C(=O)O. The average Bonchev–Trinajstić information content (AvgIpc) is 2.20. The fourth-order valence-electron chi connectivity index (χ4n) is 1.38. The van der Waals surface area contributed by atoms with Gasteiger partial charge in [0, 0.05) is 18.2 Å². The van der Waals surface area contributed by atoms with E-state index in [9.17, 15) is 4.79 Å². The maximum Gasteiger partial charge on any atom is 0.331 e. The van der Waals surface area contributed by atoms with Crippen LogP contribution in [0.4, 0.5) is 0 Å². The van der Waals surface area contributed by atoms with E-state index < -0.39 is 5.97 Å². The van der Waals surface area contributed by atoms with E-state index in [1.807, 2.05) is 6.92 Å². The van der Waals surface area contributed by atoms with Crippen LogP contribution in [0.5, 0.6) is 0 Å². The molecule has 0 aliphatic rings. The first-order valence-electron chi connectivity index (χ1n) is 5.77. The topological polar surface area (TPSA) is 49.3 Å². The molecule has 3 nitrogen and oxygen atoms in total. The second-order valence-corrected chi connectivity index (χ2v) is 3.84. The molecule has 15 heavy (non-hydrogen) atoms. The van der Waals surface area contributed by atoms with E-state index in [4.69, 9.17) is 5.11 Å². The molecule has 2 N–H and O–H groups in total. The van der Waals surface area contributed by atoms with Gasteiger partial charge < -0.3 is 10.4 Å². The molecule has 0 spiro atoms. The summed E-state index contributed by atoms with van der Waals surface area (Å²) in [6.07, 6.45) is 5.93. The van der Waals surface area contributed by atoms with E-state index in [0.29, 0.717) is 24.6 Å². The molecule has 0 aromatic heterocycles. The smallest absolute Gasteiger partial charge is 0.331 e. The number of nitrogens with one attached hydrogen (secondary N) is 1. The first-order valence-corrected chi connectivity index (χ1v) is 5.77. The minimum atomic E-state index is -0.805. The normalized spacial score (nSPS) is 13.9. The van der Waals surface area contributed by atoms with E-state index >= 15 is 0 Å². The molecule has 0 aromatic rings. The molecule has 0 saturated heterocycles. The summed E-state index contributed by atoms with van der Waals surface area (Å²) in [5.41, 5.74) is 0.491. The van der Waals surface area contributed by atoms with Gasteiger partial charge >= 0.3 is 5.97 Å². The van der Waals surface area contributed by atoms with Crippen LogP contribution in [-0.4, -0.2) is 23.7 Å². The van der Waals surface area contributed by atoms with E-state index in [0.717, 1.165) is 6.42 Å². The van der Waals surface area contributed by atoms with Crippen LogP contribution in [0.1, 0.15) is 46.5 Å². The van der Waals surface area contributed by atoms with Crippen molar-refractivity contribution in [3.63, 3.8) is 0 Å². The Bertz CT molecular complexity index is 212. The Morgan fingerprint density at radius 3 is 2.60 bits per heavy atom. The Morgan fingerprint density at radius 2 is 2.13 bits per heavy atom. The van der Waals surface area contributed by atoms with Crippen molar-refractivity contribution < 1.29 is 9.90 Å². The number of aliphatic carboxylic acids is 1. The first-order chi connectivity index (χ1) is 7.11. The number of unbranched alkanes of at least 4 members (excludes halogenated alkanes) is 1. The zero-order valence-electron chi connectivity index (χ0n) is 10.0. The van der Waals surface area contributed by atoms with Crippen molar-refractivity contribution in [3.05, 3.63) is 11.6 Å². The highest BCUT2D eigenvalue weighted by Gasteiger charge is 2.03. The molecule has 3 heteroatoms. The molecule has 0 radical (unpaired) electrons. The van der Waals surface area contributed by atoms with Crippen LogP contribution < -0.4 is 5.32 Å². The Hall–Kier alpha value is -0.830. The summed E-state index contributed by atoms with van der Waals surface area (Å²) < 4.78 is 0. The van der Waals surface area contributed by atoms with Crippen LogP contribution in [0.2, 0.25) is 0 Å². The van der Waals surface area contributed by atoms with Crippen molar-refractivity contribution in [2.45, 2.75) is 52.5 Å². The molecule has 0 aliphatic carbocycles. The number of carbonyl (C=O) groups is 1. The van der Waals surface area contributed by atoms with Gasteiger partial charge in [0.2, 0.25) is 0 Å². The highest BCUT2D eigenvalue weighted by Crippen LogP contribution is 2.01. The monoisotopic (exact) mass is 213 g/mol. The van der Waals surface area contributed by atoms with E-state index in [2.05, 4.69) is 19.2 Å². The third kappa shape index (κ3) is 7.14. The van der Waals surface area contributed by atoms with Crippen LogP contribution in [0.25, 0.3) is 0 Å². The summed E-state index contributed by atoms with van der Waals surface area (Å²) in [4.78, 5) is 10.7. The average molecular weight is 213 g/mol. The van der Waals surface area contributed by atoms with Crippen LogP contribution in [-0.2, 0) is 4.79 Å². The van der Waals surface area contributed by atoms with E-state index in [1.54, 1.807) is 6.08 Å². The largest absolute Gasteiger partial charge is 0.478 e. The van der Waals surface area contributed by atoms with Gasteiger partial charge in [0.1, 0.15) is 0 Å². The number of hydrogen-bond donors (Lipinski definition) is 2. The fourth-order valence-corrected chi connectivity index (χ4v) is 1.38. The summed E-state index contributed by atoms with van der Waals surface area (Å²) in [7, 11) is 0. The van der Waals surface area contributed by atoms with Crippen LogP contribution in [0.3, 0.4) is 0 Å². The highest BCUT2D eigenvalue weighted by atomic mass is 16.4. The molecule has 0 aliphatic heterocycles. The number of carboxylic acid groups (broad SMARTS) is 1. The maximum atomic E-state index is 10.7. The molecule has 0 amide bonds. The second kappa shape index (κ2) is 8.48. The summed E-state index contributed by atoms with van der Waals surface area (Å²) in [6.45, 7) is 6.82. The lowest BCUT2D eigenvalue weighted by molar-refractivity contribution is -0.132. The first kappa shape index (κ1) is 14.2.